The number of nitrogens with one attached hydrogen (secondary N) is 2. The van der Waals surface area contributed by atoms with E-state index < -0.39 is 17.6 Å². The minimum Gasteiger partial charge on any atom is -0.267 e. The maximum atomic E-state index is 12.9. The van der Waals surface area contributed by atoms with Gasteiger partial charge in [0.2, 0.25) is 0 Å². The second-order valence-corrected chi connectivity index (χ2v) is 6.39. The number of thiazole rings is 1. The quantitative estimate of drug-likeness (QED) is 0.708. The van der Waals surface area contributed by atoms with E-state index in [1.807, 2.05) is 37.3 Å². The zero-order valence-electron chi connectivity index (χ0n) is 13.2. The summed E-state index contributed by atoms with van der Waals surface area (Å²) < 4.78 is 12.9. The van der Waals surface area contributed by atoms with Crippen molar-refractivity contribution < 1.29 is 14.0 Å². The van der Waals surface area contributed by atoms with Crippen LogP contribution in [0.3, 0.4) is 0 Å². The minimum absolute atomic E-state index is 0.241. The highest BCUT2D eigenvalue weighted by Gasteiger charge is 2.18. The first-order valence-electron chi connectivity index (χ1n) is 7.43. The Morgan fingerprint density at radius 3 is 2.28 bits per heavy atom. The summed E-state index contributed by atoms with van der Waals surface area (Å²) in [6.07, 6.45) is 0. The van der Waals surface area contributed by atoms with Crippen molar-refractivity contribution >= 4 is 23.2 Å². The molecular formula is C18H14FN3O2S. The molecule has 5 nitrogen and oxygen atoms in total. The number of rotatable bonds is 3. The number of hydrazine groups is 1. The van der Waals surface area contributed by atoms with E-state index in [0.717, 1.165) is 10.6 Å². The van der Waals surface area contributed by atoms with Gasteiger partial charge in [-0.3, -0.25) is 20.4 Å². The van der Waals surface area contributed by atoms with E-state index >= 15 is 0 Å². The summed E-state index contributed by atoms with van der Waals surface area (Å²) in [5, 5.41) is 0.744. The molecule has 0 fully saturated rings. The van der Waals surface area contributed by atoms with Gasteiger partial charge < -0.3 is 0 Å². The first-order chi connectivity index (χ1) is 12.0. The van der Waals surface area contributed by atoms with Crippen LogP contribution in [-0.4, -0.2) is 16.8 Å². The van der Waals surface area contributed by atoms with Crippen LogP contribution in [0.15, 0.2) is 54.6 Å². The summed E-state index contributed by atoms with van der Waals surface area (Å²) in [4.78, 5) is 29.2. The molecule has 1 heterocycles. The first kappa shape index (κ1) is 16.8. The summed E-state index contributed by atoms with van der Waals surface area (Å²) in [7, 11) is 0. The van der Waals surface area contributed by atoms with E-state index in [4.69, 9.17) is 0 Å². The Morgan fingerprint density at radius 1 is 0.960 bits per heavy atom. The standard InChI is InChI=1S/C18H14FN3O2S/c1-11-20-15(12-5-3-2-4-6-12)16(25-11)18(24)22-21-17(23)13-7-9-14(19)10-8-13/h2-10H,1H3,(H,21,23)(H,22,24). The third-order valence-electron chi connectivity index (χ3n) is 3.38. The summed E-state index contributed by atoms with van der Waals surface area (Å²) in [6.45, 7) is 1.81. The minimum atomic E-state index is -0.532. The predicted octanol–water partition coefficient (Wildman–Crippen LogP) is 3.33. The molecule has 0 saturated heterocycles. The van der Waals surface area contributed by atoms with Gasteiger partial charge in [0.25, 0.3) is 11.8 Å². The third-order valence-corrected chi connectivity index (χ3v) is 4.35. The lowest BCUT2D eigenvalue weighted by Gasteiger charge is -2.07. The molecule has 3 aromatic rings. The highest BCUT2D eigenvalue weighted by atomic mass is 32.1. The Morgan fingerprint density at radius 2 is 1.60 bits per heavy atom. The number of nitrogens with zero attached hydrogens (tertiary/aromatic N) is 1. The lowest BCUT2D eigenvalue weighted by atomic mass is 10.1. The van der Waals surface area contributed by atoms with Crippen LogP contribution in [0.5, 0.6) is 0 Å². The molecule has 0 aliphatic rings. The smallest absolute Gasteiger partial charge is 0.267 e. The maximum Gasteiger partial charge on any atom is 0.282 e. The zero-order valence-corrected chi connectivity index (χ0v) is 14.1. The van der Waals surface area contributed by atoms with Crippen LogP contribution in [0, 0.1) is 12.7 Å². The van der Waals surface area contributed by atoms with Crippen molar-refractivity contribution in [1.82, 2.24) is 15.8 Å². The maximum absolute atomic E-state index is 12.9. The molecule has 2 N–H and O–H groups in total. The Kier molecular flexibility index (Phi) is 4.85. The molecule has 25 heavy (non-hydrogen) atoms. The van der Waals surface area contributed by atoms with Gasteiger partial charge in [-0.2, -0.15) is 0 Å². The SMILES string of the molecule is Cc1nc(-c2ccccc2)c(C(=O)NNC(=O)c2ccc(F)cc2)s1. The van der Waals surface area contributed by atoms with Crippen molar-refractivity contribution in [2.24, 2.45) is 0 Å². The fraction of sp³-hybridized carbons (Fsp3) is 0.0556. The molecule has 1 aromatic heterocycles. The van der Waals surface area contributed by atoms with E-state index in [-0.39, 0.29) is 5.56 Å². The van der Waals surface area contributed by atoms with E-state index in [1.54, 1.807) is 0 Å². The number of halogens is 1. The monoisotopic (exact) mass is 355 g/mol. The van der Waals surface area contributed by atoms with Crippen LogP contribution in [0.4, 0.5) is 4.39 Å². The van der Waals surface area contributed by atoms with Gasteiger partial charge in [-0.25, -0.2) is 9.37 Å². The molecular weight excluding hydrogens is 341 g/mol. The largest absolute Gasteiger partial charge is 0.282 e. The molecule has 3 rings (SSSR count). The average molecular weight is 355 g/mol. The van der Waals surface area contributed by atoms with E-state index in [9.17, 15) is 14.0 Å². The lowest BCUT2D eigenvalue weighted by Crippen LogP contribution is -2.41. The van der Waals surface area contributed by atoms with E-state index in [2.05, 4.69) is 15.8 Å². The van der Waals surface area contributed by atoms with Crippen molar-refractivity contribution in [1.29, 1.82) is 0 Å². The van der Waals surface area contributed by atoms with Crippen LogP contribution in [0.25, 0.3) is 11.3 Å². The van der Waals surface area contributed by atoms with Crippen LogP contribution in [-0.2, 0) is 0 Å². The number of carbonyl (C=O) groups is 2. The number of aromatic nitrogens is 1. The highest BCUT2D eigenvalue weighted by molar-refractivity contribution is 7.14. The molecule has 0 unspecified atom stereocenters. The van der Waals surface area contributed by atoms with Crippen LogP contribution in [0.2, 0.25) is 0 Å². The number of hydrogen-bond acceptors (Lipinski definition) is 4. The van der Waals surface area contributed by atoms with Crippen LogP contribution in [0.1, 0.15) is 25.0 Å². The zero-order chi connectivity index (χ0) is 17.8. The molecule has 0 atom stereocenters. The molecule has 0 aliphatic heterocycles. The Balaban J connectivity index is 1.74. The Hall–Kier alpha value is -3.06. The number of hydrogen-bond donors (Lipinski definition) is 2. The van der Waals surface area contributed by atoms with Gasteiger partial charge >= 0.3 is 0 Å². The van der Waals surface area contributed by atoms with Gasteiger partial charge in [0.1, 0.15) is 10.7 Å². The third kappa shape index (κ3) is 3.89. The number of carbonyl (C=O) groups excluding carboxylic acids is 2. The molecule has 0 aliphatic carbocycles. The van der Waals surface area contributed by atoms with Gasteiger partial charge in [0, 0.05) is 11.1 Å². The molecule has 0 bridgehead atoms. The van der Waals surface area contributed by atoms with Gasteiger partial charge in [0.15, 0.2) is 0 Å². The summed E-state index contributed by atoms with van der Waals surface area (Å²) in [6, 6.07) is 14.4. The van der Waals surface area contributed by atoms with Gasteiger partial charge in [0.05, 0.1) is 10.7 Å². The number of aryl methyl sites for hydroxylation is 1. The molecule has 2 amide bonds. The van der Waals surface area contributed by atoms with Crippen molar-refractivity contribution in [2.45, 2.75) is 6.92 Å². The first-order valence-corrected chi connectivity index (χ1v) is 8.25. The molecule has 0 spiro atoms. The molecule has 0 saturated carbocycles. The van der Waals surface area contributed by atoms with E-state index in [1.165, 1.54) is 35.6 Å². The predicted molar refractivity (Wildman–Crippen MR) is 93.6 cm³/mol. The second-order valence-electron chi connectivity index (χ2n) is 5.19. The van der Waals surface area contributed by atoms with Gasteiger partial charge in [-0.15, -0.1) is 11.3 Å². The van der Waals surface area contributed by atoms with Crippen LogP contribution >= 0.6 is 11.3 Å². The molecule has 126 valence electrons. The average Bonchev–Trinajstić information content (AvgIpc) is 3.02. The second kappa shape index (κ2) is 7.23. The van der Waals surface area contributed by atoms with Crippen molar-refractivity contribution in [2.75, 3.05) is 0 Å². The summed E-state index contributed by atoms with van der Waals surface area (Å²) in [5.74, 6) is -1.43. The fourth-order valence-electron chi connectivity index (χ4n) is 2.22. The van der Waals surface area contributed by atoms with Crippen LogP contribution < -0.4 is 10.9 Å². The molecule has 2 aromatic carbocycles. The molecule has 0 radical (unpaired) electrons. The number of benzene rings is 2. The summed E-state index contributed by atoms with van der Waals surface area (Å²) in [5.41, 5.74) is 6.32. The lowest BCUT2D eigenvalue weighted by molar-refractivity contribution is 0.0849. The van der Waals surface area contributed by atoms with Gasteiger partial charge in [-0.1, -0.05) is 30.3 Å². The van der Waals surface area contributed by atoms with Crippen molar-refractivity contribution in [3.63, 3.8) is 0 Å². The Labute approximate surface area is 147 Å². The Bertz CT molecular complexity index is 908. The topological polar surface area (TPSA) is 71.1 Å². The fourth-order valence-corrected chi connectivity index (χ4v) is 3.05. The normalized spacial score (nSPS) is 10.3. The van der Waals surface area contributed by atoms with E-state index in [0.29, 0.717) is 10.6 Å². The number of amides is 2. The van der Waals surface area contributed by atoms with Crippen molar-refractivity contribution in [3.8, 4) is 11.3 Å². The van der Waals surface area contributed by atoms with Gasteiger partial charge in [-0.05, 0) is 31.2 Å². The summed E-state index contributed by atoms with van der Waals surface area (Å²) >= 11 is 1.24. The highest BCUT2D eigenvalue weighted by Crippen LogP contribution is 2.27. The molecule has 7 heteroatoms. The van der Waals surface area contributed by atoms with Crippen molar-refractivity contribution in [3.05, 3.63) is 75.9 Å².